The van der Waals surface area contributed by atoms with Gasteiger partial charge in [0.2, 0.25) is 5.92 Å². The number of carbonyl (C=O) groups is 2. The number of aromatic nitrogens is 5. The number of rotatable bonds is 8. The molecule has 3 aromatic heterocycles. The van der Waals surface area contributed by atoms with Gasteiger partial charge in [0.25, 0.3) is 5.91 Å². The van der Waals surface area contributed by atoms with E-state index in [1.165, 1.54) is 30.1 Å². The summed E-state index contributed by atoms with van der Waals surface area (Å²) in [5.74, 6) is -4.89. The number of nitrogens with zero attached hydrogens (tertiary/aromatic N) is 6. The average Bonchev–Trinajstić information content (AvgIpc) is 3.61. The van der Waals surface area contributed by atoms with Crippen molar-refractivity contribution in [3.63, 3.8) is 0 Å². The van der Waals surface area contributed by atoms with Gasteiger partial charge in [-0.1, -0.05) is 5.16 Å². The van der Waals surface area contributed by atoms with Gasteiger partial charge in [0.05, 0.1) is 43.2 Å². The minimum absolute atomic E-state index is 0.0653. The Morgan fingerprint density at radius 2 is 2.02 bits per heavy atom. The van der Waals surface area contributed by atoms with Crippen LogP contribution in [0.1, 0.15) is 65.1 Å². The fourth-order valence-electron chi connectivity index (χ4n) is 5.35. The summed E-state index contributed by atoms with van der Waals surface area (Å²) in [6.07, 6.45) is -2.23. The van der Waals surface area contributed by atoms with Crippen LogP contribution in [0.15, 0.2) is 23.1 Å². The highest BCUT2D eigenvalue weighted by molar-refractivity contribution is 5.91. The highest BCUT2D eigenvalue weighted by Gasteiger charge is 2.49. The second-order valence-corrected chi connectivity index (χ2v) is 9.96. The van der Waals surface area contributed by atoms with Crippen molar-refractivity contribution in [2.24, 2.45) is 11.7 Å². The Balaban J connectivity index is 1.51. The van der Waals surface area contributed by atoms with Gasteiger partial charge in [0.15, 0.2) is 11.3 Å². The van der Waals surface area contributed by atoms with Crippen LogP contribution in [0.2, 0.25) is 0 Å². The number of halogens is 5. The number of alkyl halides is 5. The number of urea groups is 1. The normalized spacial score (nSPS) is 21.5. The van der Waals surface area contributed by atoms with E-state index in [9.17, 15) is 31.5 Å². The van der Waals surface area contributed by atoms with Gasteiger partial charge >= 0.3 is 12.2 Å². The summed E-state index contributed by atoms with van der Waals surface area (Å²) in [6.45, 7) is -0.737. The first-order valence-corrected chi connectivity index (χ1v) is 12.4. The van der Waals surface area contributed by atoms with Crippen LogP contribution >= 0.6 is 0 Å². The highest BCUT2D eigenvalue weighted by Crippen LogP contribution is 2.45. The number of fused-ring (bicyclic) bond motifs is 1. The van der Waals surface area contributed by atoms with E-state index in [-0.39, 0.29) is 49.3 Å². The van der Waals surface area contributed by atoms with Crippen LogP contribution in [-0.4, -0.2) is 80.2 Å². The largest absolute Gasteiger partial charge is 0.410 e. The van der Waals surface area contributed by atoms with Gasteiger partial charge in [-0.05, 0) is 30.0 Å². The molecule has 1 saturated heterocycles. The summed E-state index contributed by atoms with van der Waals surface area (Å²) in [5.41, 5.74) is 6.20. The molecule has 12 nitrogen and oxygen atoms in total. The van der Waals surface area contributed by atoms with E-state index in [1.54, 1.807) is 0 Å². The molecular weight excluding hydrogens is 547 g/mol. The lowest BCUT2D eigenvalue weighted by molar-refractivity contribution is -0.150. The number of nitrogens with two attached hydrogens (primary N) is 1. The molecule has 17 heteroatoms. The van der Waals surface area contributed by atoms with Gasteiger partial charge in [-0.3, -0.25) is 4.79 Å². The molecule has 0 aromatic carbocycles. The number of ether oxygens (including phenoxy) is 1. The molecule has 3 N–H and O–H groups in total. The molecule has 216 valence electrons. The van der Waals surface area contributed by atoms with Crippen molar-refractivity contribution in [2.45, 2.75) is 55.8 Å². The van der Waals surface area contributed by atoms with Gasteiger partial charge in [0, 0.05) is 25.5 Å². The number of primary amides is 1. The Morgan fingerprint density at radius 3 is 2.65 bits per heavy atom. The number of hydrogen-bond donors (Lipinski definition) is 2. The van der Waals surface area contributed by atoms with Crippen LogP contribution in [0.3, 0.4) is 0 Å². The number of nitrogens with one attached hydrogen (secondary N) is 1. The van der Waals surface area contributed by atoms with Crippen LogP contribution in [0.5, 0.6) is 0 Å². The predicted molar refractivity (Wildman–Crippen MR) is 124 cm³/mol. The lowest BCUT2D eigenvalue weighted by Crippen LogP contribution is -2.40. The van der Waals surface area contributed by atoms with Crippen LogP contribution < -0.4 is 11.1 Å². The number of imidazole rings is 1. The first-order chi connectivity index (χ1) is 18.9. The Labute approximate surface area is 223 Å². The Hall–Kier alpha value is -3.89. The molecule has 1 aliphatic carbocycles. The van der Waals surface area contributed by atoms with E-state index in [0.717, 1.165) is 4.90 Å². The third kappa shape index (κ3) is 5.29. The van der Waals surface area contributed by atoms with Crippen molar-refractivity contribution in [1.82, 2.24) is 35.1 Å². The molecule has 0 spiro atoms. The molecule has 0 radical (unpaired) electrons. The average molecular weight is 572 g/mol. The molecule has 3 aromatic rings. The summed E-state index contributed by atoms with van der Waals surface area (Å²) in [7, 11) is 1.35. The van der Waals surface area contributed by atoms with Crippen molar-refractivity contribution in [2.75, 3.05) is 20.3 Å². The molecule has 0 unspecified atom stereocenters. The second-order valence-electron chi connectivity index (χ2n) is 9.96. The molecule has 3 amide bonds. The summed E-state index contributed by atoms with van der Waals surface area (Å²) < 4.78 is 78.9. The van der Waals surface area contributed by atoms with Gasteiger partial charge in [-0.25, -0.2) is 27.7 Å². The van der Waals surface area contributed by atoms with Crippen molar-refractivity contribution in [3.8, 4) is 0 Å². The third-order valence-electron chi connectivity index (χ3n) is 7.37. The molecule has 2 aliphatic rings. The fraction of sp³-hybridized carbons (Fsp3) is 0.565. The minimum atomic E-state index is -4.62. The molecule has 1 aliphatic heterocycles. The SMILES string of the molecule is COC[C@H](c1cnn2cc([C@@H](c3nonc3C(N)=O)C3CCC(F)(F)CC3)nc2c1)N1C[C@@H](C(F)(F)F)NC1=O. The van der Waals surface area contributed by atoms with Crippen molar-refractivity contribution >= 4 is 17.6 Å². The molecule has 3 atom stereocenters. The number of carbonyl (C=O) groups excluding carboxylic acids is 2. The van der Waals surface area contributed by atoms with Gasteiger partial charge in [0.1, 0.15) is 11.7 Å². The van der Waals surface area contributed by atoms with Crippen LogP contribution in [0.25, 0.3) is 5.65 Å². The quantitative estimate of drug-likeness (QED) is 0.391. The maximum absolute atomic E-state index is 13.9. The van der Waals surface area contributed by atoms with Gasteiger partial charge in [-0.15, -0.1) is 0 Å². The van der Waals surface area contributed by atoms with Crippen LogP contribution in [-0.2, 0) is 4.74 Å². The first-order valence-electron chi connectivity index (χ1n) is 12.4. The van der Waals surface area contributed by atoms with Crippen molar-refractivity contribution in [1.29, 1.82) is 0 Å². The molecule has 2 fully saturated rings. The molecule has 5 rings (SSSR count). The van der Waals surface area contributed by atoms with Crippen molar-refractivity contribution in [3.05, 3.63) is 41.1 Å². The van der Waals surface area contributed by atoms with Crippen LogP contribution in [0, 0.1) is 5.92 Å². The zero-order chi connectivity index (χ0) is 28.8. The molecule has 1 saturated carbocycles. The monoisotopic (exact) mass is 572 g/mol. The smallest absolute Gasteiger partial charge is 0.382 e. The van der Waals surface area contributed by atoms with Gasteiger partial charge < -0.3 is 20.7 Å². The van der Waals surface area contributed by atoms with Gasteiger partial charge in [-0.2, -0.15) is 18.3 Å². The molecular formula is C23H25F5N8O4. The topological polar surface area (TPSA) is 154 Å². The zero-order valence-electron chi connectivity index (χ0n) is 21.1. The molecule has 40 heavy (non-hydrogen) atoms. The summed E-state index contributed by atoms with van der Waals surface area (Å²) in [5, 5.41) is 13.7. The third-order valence-corrected chi connectivity index (χ3v) is 7.37. The first kappa shape index (κ1) is 27.7. The fourth-order valence-corrected chi connectivity index (χ4v) is 5.35. The van der Waals surface area contributed by atoms with E-state index in [2.05, 4.69) is 20.4 Å². The van der Waals surface area contributed by atoms with Crippen molar-refractivity contribution < 1.29 is 40.9 Å². The summed E-state index contributed by atoms with van der Waals surface area (Å²) >= 11 is 0. The van der Waals surface area contributed by atoms with E-state index in [4.69, 9.17) is 15.1 Å². The van der Waals surface area contributed by atoms with Crippen LogP contribution in [0.4, 0.5) is 26.7 Å². The predicted octanol–water partition coefficient (Wildman–Crippen LogP) is 2.81. The van der Waals surface area contributed by atoms with E-state index >= 15 is 0 Å². The Morgan fingerprint density at radius 1 is 1.30 bits per heavy atom. The van der Waals surface area contributed by atoms with E-state index in [0.29, 0.717) is 11.3 Å². The maximum Gasteiger partial charge on any atom is 0.410 e. The summed E-state index contributed by atoms with van der Waals surface area (Å²) in [6, 6.07) is -2.31. The number of methoxy groups -OCH3 is 1. The lowest BCUT2D eigenvalue weighted by atomic mass is 9.75. The second kappa shape index (κ2) is 10.3. The lowest BCUT2D eigenvalue weighted by Gasteiger charge is -2.32. The number of hydrogen-bond acceptors (Lipinski definition) is 8. The van der Waals surface area contributed by atoms with E-state index < -0.39 is 54.5 Å². The number of amides is 3. The standard InChI is InChI=1S/C23H25F5N8O4/c1-39-10-14(35-9-15(23(26,27)28)32-21(35)38)12-6-16-31-13(8-36(16)30-7-12)17(11-2-4-22(24,25)5-3-11)18-19(20(29)37)34-40-33-18/h6-8,11,14-15,17H,2-5,9-10H2,1H3,(H2,29,37)(H,32,38)/t14-,15+,17+/m1/s1. The van der Waals surface area contributed by atoms with E-state index in [1.807, 2.05) is 5.32 Å². The zero-order valence-corrected chi connectivity index (χ0v) is 21.1. The molecule has 4 heterocycles. The maximum atomic E-state index is 13.9. The highest BCUT2D eigenvalue weighted by atomic mass is 19.4. The minimum Gasteiger partial charge on any atom is -0.382 e. The summed E-state index contributed by atoms with van der Waals surface area (Å²) in [4.78, 5) is 30.0. The Kier molecular flexibility index (Phi) is 7.09. The molecule has 0 bridgehead atoms. The Bertz CT molecular complexity index is 1400.